The van der Waals surface area contributed by atoms with E-state index >= 15 is 0 Å². The maximum Gasteiger partial charge on any atom is 0.328 e. The van der Waals surface area contributed by atoms with Gasteiger partial charge in [-0.05, 0) is 37.6 Å². The van der Waals surface area contributed by atoms with Crippen molar-refractivity contribution < 1.29 is 14.3 Å². The van der Waals surface area contributed by atoms with Crippen LogP contribution >= 0.6 is 11.6 Å². The number of nitrogens with one attached hydrogen (secondary N) is 2. The van der Waals surface area contributed by atoms with E-state index in [1.807, 2.05) is 24.3 Å². The lowest BCUT2D eigenvalue weighted by atomic mass is 10.2. The molecule has 30 heavy (non-hydrogen) atoms. The Morgan fingerprint density at radius 3 is 2.77 bits per heavy atom. The highest BCUT2D eigenvalue weighted by atomic mass is 35.5. The summed E-state index contributed by atoms with van der Waals surface area (Å²) in [7, 11) is 0. The van der Waals surface area contributed by atoms with E-state index in [4.69, 9.17) is 16.3 Å². The molecule has 2 aromatic heterocycles. The maximum atomic E-state index is 12.1. The Kier molecular flexibility index (Phi) is 7.18. The van der Waals surface area contributed by atoms with Gasteiger partial charge >= 0.3 is 5.97 Å². The smallest absolute Gasteiger partial charge is 0.328 e. The average molecular weight is 431 g/mol. The first kappa shape index (κ1) is 21.5. The zero-order valence-electron chi connectivity index (χ0n) is 16.8. The number of amides is 1. The maximum absolute atomic E-state index is 12.1. The van der Waals surface area contributed by atoms with Crippen LogP contribution in [0.3, 0.4) is 0 Å². The van der Waals surface area contributed by atoms with Crippen LogP contribution in [0.4, 0.5) is 5.82 Å². The molecule has 1 aromatic carbocycles. The molecule has 3 rings (SSSR count). The highest BCUT2D eigenvalue weighted by Gasteiger charge is 2.17. The molecule has 0 bridgehead atoms. The summed E-state index contributed by atoms with van der Waals surface area (Å²) in [4.78, 5) is 23.8. The van der Waals surface area contributed by atoms with E-state index in [1.165, 1.54) is 0 Å². The van der Waals surface area contributed by atoms with Gasteiger partial charge in [0.05, 0.1) is 6.61 Å². The molecule has 0 fully saturated rings. The van der Waals surface area contributed by atoms with Crippen molar-refractivity contribution in [2.75, 3.05) is 11.9 Å². The molecule has 10 heteroatoms. The Morgan fingerprint density at radius 1 is 1.20 bits per heavy atom. The highest BCUT2D eigenvalue weighted by molar-refractivity contribution is 6.31. The number of esters is 1. The van der Waals surface area contributed by atoms with Crippen LogP contribution in [0.25, 0.3) is 5.65 Å². The summed E-state index contributed by atoms with van der Waals surface area (Å²) >= 11 is 6.18. The molecule has 3 aromatic rings. The number of anilines is 1. The largest absolute Gasteiger partial charge is 0.464 e. The monoisotopic (exact) mass is 430 g/mol. The third-order valence-electron chi connectivity index (χ3n) is 4.34. The number of hydrogen-bond acceptors (Lipinski definition) is 7. The standard InChI is InChI=1S/C20H23ClN6O3/c1-3-30-20(29)13(2)23-19(28)11-10-18-25-24-17-9-8-16(26-27(17)18)22-12-14-6-4-5-7-15(14)21/h4-9,13H,3,10-12H2,1-2H3,(H,22,26)(H,23,28)/t13-/m0/s1. The molecule has 0 aliphatic heterocycles. The second-order valence-electron chi connectivity index (χ2n) is 6.59. The normalized spacial score (nSPS) is 11.8. The molecule has 1 atom stereocenters. The van der Waals surface area contributed by atoms with Crippen LogP contribution in [-0.4, -0.2) is 44.3 Å². The van der Waals surface area contributed by atoms with Gasteiger partial charge in [0.2, 0.25) is 5.91 Å². The van der Waals surface area contributed by atoms with Crippen LogP contribution in [0.2, 0.25) is 5.02 Å². The molecule has 0 radical (unpaired) electrons. The number of halogens is 1. The number of aryl methyl sites for hydroxylation is 1. The summed E-state index contributed by atoms with van der Waals surface area (Å²) in [5, 5.41) is 19.2. The second-order valence-corrected chi connectivity index (χ2v) is 7.00. The third-order valence-corrected chi connectivity index (χ3v) is 4.71. The number of benzene rings is 1. The number of ether oxygens (including phenoxy) is 1. The van der Waals surface area contributed by atoms with Crippen molar-refractivity contribution in [3.05, 3.63) is 52.8 Å². The van der Waals surface area contributed by atoms with Gasteiger partial charge in [0, 0.05) is 24.4 Å². The van der Waals surface area contributed by atoms with Crippen LogP contribution in [0.1, 0.15) is 31.7 Å². The van der Waals surface area contributed by atoms with Gasteiger partial charge in [0.25, 0.3) is 0 Å². The highest BCUT2D eigenvalue weighted by Crippen LogP contribution is 2.16. The Hall–Kier alpha value is -3.20. The molecular weight excluding hydrogens is 408 g/mol. The summed E-state index contributed by atoms with van der Waals surface area (Å²) in [6.07, 6.45) is 0.465. The van der Waals surface area contributed by atoms with Crippen molar-refractivity contribution in [2.45, 2.75) is 39.3 Å². The Morgan fingerprint density at radius 2 is 2.00 bits per heavy atom. The van der Waals surface area contributed by atoms with Crippen molar-refractivity contribution in [3.63, 3.8) is 0 Å². The molecule has 0 unspecified atom stereocenters. The lowest BCUT2D eigenvalue weighted by Gasteiger charge is -2.12. The molecule has 0 spiro atoms. The van der Waals surface area contributed by atoms with Gasteiger partial charge in [-0.1, -0.05) is 29.8 Å². The van der Waals surface area contributed by atoms with E-state index in [2.05, 4.69) is 25.9 Å². The summed E-state index contributed by atoms with van der Waals surface area (Å²) in [5.41, 5.74) is 1.53. The number of nitrogens with zero attached hydrogens (tertiary/aromatic N) is 4. The van der Waals surface area contributed by atoms with Gasteiger partial charge in [-0.15, -0.1) is 15.3 Å². The number of carbonyl (C=O) groups excluding carboxylic acids is 2. The molecule has 2 heterocycles. The topological polar surface area (TPSA) is 111 Å². The Balaban J connectivity index is 1.61. The number of rotatable bonds is 9. The fourth-order valence-electron chi connectivity index (χ4n) is 2.78. The third kappa shape index (κ3) is 5.44. The van der Waals surface area contributed by atoms with E-state index in [1.54, 1.807) is 30.5 Å². The minimum absolute atomic E-state index is 0.142. The summed E-state index contributed by atoms with van der Waals surface area (Å²) in [6, 6.07) is 10.5. The van der Waals surface area contributed by atoms with Crippen molar-refractivity contribution in [3.8, 4) is 0 Å². The van der Waals surface area contributed by atoms with Gasteiger partial charge in [-0.25, -0.2) is 4.79 Å². The minimum atomic E-state index is -0.702. The molecule has 1 amide bonds. The lowest BCUT2D eigenvalue weighted by Crippen LogP contribution is -2.39. The summed E-state index contributed by atoms with van der Waals surface area (Å²) in [5.74, 6) is 0.434. The quantitative estimate of drug-likeness (QED) is 0.501. The molecule has 9 nitrogen and oxygen atoms in total. The van der Waals surface area contributed by atoms with Crippen LogP contribution in [0.5, 0.6) is 0 Å². The average Bonchev–Trinajstić information content (AvgIpc) is 3.14. The first-order valence-electron chi connectivity index (χ1n) is 9.62. The number of fused-ring (bicyclic) bond motifs is 1. The first-order valence-corrected chi connectivity index (χ1v) is 10.0. The van der Waals surface area contributed by atoms with Crippen LogP contribution in [0.15, 0.2) is 36.4 Å². The summed E-state index contributed by atoms with van der Waals surface area (Å²) < 4.78 is 6.48. The molecule has 0 aliphatic rings. The molecule has 0 aliphatic carbocycles. The Bertz CT molecular complexity index is 1040. The van der Waals surface area contributed by atoms with Crippen LogP contribution in [-0.2, 0) is 27.3 Å². The number of hydrogen-bond donors (Lipinski definition) is 2. The Labute approximate surface area is 178 Å². The summed E-state index contributed by atoms with van der Waals surface area (Å²) in [6.45, 7) is 4.08. The van der Waals surface area contributed by atoms with E-state index in [0.717, 1.165) is 5.56 Å². The zero-order valence-corrected chi connectivity index (χ0v) is 17.5. The van der Waals surface area contributed by atoms with E-state index in [0.29, 0.717) is 35.3 Å². The van der Waals surface area contributed by atoms with E-state index in [-0.39, 0.29) is 18.9 Å². The zero-order chi connectivity index (χ0) is 21.5. The predicted molar refractivity (Wildman–Crippen MR) is 112 cm³/mol. The first-order chi connectivity index (χ1) is 14.5. The number of carbonyl (C=O) groups is 2. The van der Waals surface area contributed by atoms with Gasteiger partial charge in [0.15, 0.2) is 11.5 Å². The van der Waals surface area contributed by atoms with Gasteiger partial charge < -0.3 is 15.4 Å². The van der Waals surface area contributed by atoms with Crippen molar-refractivity contribution in [1.29, 1.82) is 0 Å². The molecule has 0 saturated carbocycles. The van der Waals surface area contributed by atoms with E-state index in [9.17, 15) is 9.59 Å². The van der Waals surface area contributed by atoms with Crippen LogP contribution in [0, 0.1) is 0 Å². The molecule has 158 valence electrons. The fourth-order valence-corrected chi connectivity index (χ4v) is 2.98. The van der Waals surface area contributed by atoms with Gasteiger partial charge in [-0.3, -0.25) is 4.79 Å². The van der Waals surface area contributed by atoms with Crippen molar-refractivity contribution in [2.24, 2.45) is 0 Å². The fraction of sp³-hybridized carbons (Fsp3) is 0.350. The molecule has 2 N–H and O–H groups in total. The van der Waals surface area contributed by atoms with Crippen molar-refractivity contribution >= 4 is 34.9 Å². The van der Waals surface area contributed by atoms with E-state index < -0.39 is 12.0 Å². The van der Waals surface area contributed by atoms with Crippen LogP contribution < -0.4 is 10.6 Å². The second kappa shape index (κ2) is 10.0. The van der Waals surface area contributed by atoms with Gasteiger partial charge in [-0.2, -0.15) is 4.52 Å². The lowest BCUT2D eigenvalue weighted by molar-refractivity contribution is -0.146. The van der Waals surface area contributed by atoms with Gasteiger partial charge in [0.1, 0.15) is 11.9 Å². The molecule has 0 saturated heterocycles. The number of aromatic nitrogens is 4. The minimum Gasteiger partial charge on any atom is -0.464 e. The predicted octanol–water partition coefficient (Wildman–Crippen LogP) is 2.39. The molecular formula is C20H23ClN6O3. The van der Waals surface area contributed by atoms with Crippen molar-refractivity contribution in [1.82, 2.24) is 25.1 Å². The SMILES string of the molecule is CCOC(=O)[C@H](C)NC(=O)CCc1nnc2ccc(NCc3ccccc3Cl)nn12.